The molecule has 0 aliphatic carbocycles. The van der Waals surface area contributed by atoms with Crippen molar-refractivity contribution in [3.63, 3.8) is 0 Å². The molecule has 0 saturated carbocycles. The Morgan fingerprint density at radius 2 is 0.784 bits per heavy atom. The minimum absolute atomic E-state index is 0.0347. The quantitative estimate of drug-likeness (QED) is 0.260. The summed E-state index contributed by atoms with van der Waals surface area (Å²) in [6.07, 6.45) is 1.69. The van der Waals surface area contributed by atoms with Crippen molar-refractivity contribution >= 4 is 11.8 Å². The molecule has 2 unspecified atom stereocenters. The Balaban J connectivity index is 3.91. The molecule has 2 amide bonds. The number of hydrogen-bond acceptors (Lipinski definition) is 5. The van der Waals surface area contributed by atoms with E-state index >= 15 is 0 Å². The van der Waals surface area contributed by atoms with Gasteiger partial charge in [0.15, 0.2) is 0 Å². The second-order valence-electron chi connectivity index (χ2n) is 14.8. The minimum atomic E-state index is -0.0825. The van der Waals surface area contributed by atoms with Crippen LogP contribution in [0.5, 0.6) is 0 Å². The Kier molecular flexibility index (Phi) is 15.5. The second kappa shape index (κ2) is 16.0. The van der Waals surface area contributed by atoms with Crippen LogP contribution < -0.4 is 10.6 Å². The van der Waals surface area contributed by atoms with Crippen LogP contribution >= 0.6 is 0 Å². The Morgan fingerprint density at radius 1 is 0.514 bits per heavy atom. The molecular weight excluding hydrogens is 468 g/mol. The lowest BCUT2D eigenvalue weighted by molar-refractivity contribution is -0.130. The Morgan fingerprint density at radius 3 is 1.03 bits per heavy atom. The largest absolute Gasteiger partial charge is 0.377 e. The van der Waals surface area contributed by atoms with Gasteiger partial charge in [-0.2, -0.15) is 0 Å². The molecule has 0 aromatic carbocycles. The summed E-state index contributed by atoms with van der Waals surface area (Å²) in [5, 5.41) is 6.04. The summed E-state index contributed by atoms with van der Waals surface area (Å²) < 4.78 is 16.7. The van der Waals surface area contributed by atoms with Gasteiger partial charge < -0.3 is 24.8 Å². The number of ether oxygens (including phenoxy) is 3. The highest BCUT2D eigenvalue weighted by Gasteiger charge is 2.35. The van der Waals surface area contributed by atoms with E-state index in [4.69, 9.17) is 14.2 Å². The first-order valence-corrected chi connectivity index (χ1v) is 14.0. The molecule has 0 spiro atoms. The molecule has 7 nitrogen and oxygen atoms in total. The Hall–Kier alpha value is -1.18. The zero-order valence-electron chi connectivity index (χ0n) is 26.3. The van der Waals surface area contributed by atoms with Gasteiger partial charge in [-0.05, 0) is 34.5 Å². The number of hydrogen-bond donors (Lipinski definition) is 2. The number of carbonyl (C=O) groups is 2. The van der Waals surface area contributed by atoms with E-state index in [9.17, 15) is 9.59 Å². The molecule has 2 N–H and O–H groups in total. The molecule has 0 radical (unpaired) electrons. The maximum absolute atomic E-state index is 12.7. The maximum atomic E-state index is 12.7. The second-order valence-corrected chi connectivity index (χ2v) is 14.8. The molecule has 7 heteroatoms. The normalized spacial score (nSPS) is 14.8. The lowest BCUT2D eigenvalue weighted by atomic mass is 9.72. The summed E-state index contributed by atoms with van der Waals surface area (Å²) in [6, 6.07) is 0. The van der Waals surface area contributed by atoms with Gasteiger partial charge in [0.2, 0.25) is 11.8 Å². The van der Waals surface area contributed by atoms with E-state index in [2.05, 4.69) is 93.7 Å². The number of rotatable bonds is 16. The van der Waals surface area contributed by atoms with Gasteiger partial charge in [-0.3, -0.25) is 9.59 Å². The van der Waals surface area contributed by atoms with Gasteiger partial charge in [0.25, 0.3) is 0 Å². The molecule has 0 fully saturated rings. The first kappa shape index (κ1) is 35.8. The predicted octanol–water partition coefficient (Wildman–Crippen LogP) is 5.47. The van der Waals surface area contributed by atoms with Crippen molar-refractivity contribution in [1.29, 1.82) is 0 Å². The van der Waals surface area contributed by atoms with Crippen molar-refractivity contribution < 1.29 is 23.8 Å². The lowest BCUT2D eigenvalue weighted by Crippen LogP contribution is -2.41. The fourth-order valence-corrected chi connectivity index (χ4v) is 4.09. The molecule has 0 heterocycles. The highest BCUT2D eigenvalue weighted by Crippen LogP contribution is 2.37. The van der Waals surface area contributed by atoms with E-state index in [1.54, 1.807) is 0 Å². The van der Waals surface area contributed by atoms with E-state index in [0.717, 1.165) is 12.8 Å². The van der Waals surface area contributed by atoms with Crippen molar-refractivity contribution in [3.05, 3.63) is 0 Å². The fraction of sp³-hybridized carbons (Fsp3) is 0.933. The average molecular weight is 529 g/mol. The summed E-state index contributed by atoms with van der Waals surface area (Å²) in [5.41, 5.74) is 0.0337. The van der Waals surface area contributed by atoms with Crippen LogP contribution in [0.3, 0.4) is 0 Å². The van der Waals surface area contributed by atoms with Gasteiger partial charge in [-0.25, -0.2) is 0 Å². The van der Waals surface area contributed by atoms with Gasteiger partial charge in [0, 0.05) is 24.9 Å². The van der Waals surface area contributed by atoms with Gasteiger partial charge in [-0.15, -0.1) is 0 Å². The van der Waals surface area contributed by atoms with E-state index in [1.165, 1.54) is 0 Å². The molecule has 37 heavy (non-hydrogen) atoms. The average Bonchev–Trinajstić information content (AvgIpc) is 2.70. The van der Waals surface area contributed by atoms with Gasteiger partial charge in [0.05, 0.1) is 39.6 Å². The van der Waals surface area contributed by atoms with E-state index < -0.39 is 0 Å². The van der Waals surface area contributed by atoms with E-state index in [-0.39, 0.29) is 45.3 Å². The fourth-order valence-electron chi connectivity index (χ4n) is 4.09. The van der Waals surface area contributed by atoms with E-state index in [0.29, 0.717) is 52.7 Å². The van der Waals surface area contributed by atoms with Gasteiger partial charge in [-0.1, -0.05) is 83.1 Å². The predicted molar refractivity (Wildman–Crippen MR) is 153 cm³/mol. The summed E-state index contributed by atoms with van der Waals surface area (Å²) in [7, 11) is 0. The van der Waals surface area contributed by atoms with Crippen LogP contribution in [0, 0.1) is 33.5 Å². The zero-order valence-corrected chi connectivity index (χ0v) is 26.3. The summed E-state index contributed by atoms with van der Waals surface area (Å²) in [5.74, 6) is 0.123. The summed E-state index contributed by atoms with van der Waals surface area (Å²) in [6.45, 7) is 29.5. The van der Waals surface area contributed by atoms with Crippen LogP contribution in [0.25, 0.3) is 0 Å². The van der Waals surface area contributed by atoms with Crippen molar-refractivity contribution in [1.82, 2.24) is 10.6 Å². The third kappa shape index (κ3) is 18.7. The first-order valence-electron chi connectivity index (χ1n) is 14.0. The highest BCUT2D eigenvalue weighted by atomic mass is 16.5. The summed E-state index contributed by atoms with van der Waals surface area (Å²) >= 11 is 0. The maximum Gasteiger partial charge on any atom is 0.223 e. The van der Waals surface area contributed by atoms with Gasteiger partial charge in [0.1, 0.15) is 0 Å². The standard InChI is InChI=1S/C30H60N2O5/c1-27(2,3)21-23(29(7,8)9)25(33)31-13-15-35-17-19-37-20-18-36-16-14-32-26(34)24(30(10,11)12)22-28(4,5)6/h23-24H,13-22H2,1-12H3,(H,31,33)(H,32,34). The topological polar surface area (TPSA) is 85.9 Å². The minimum Gasteiger partial charge on any atom is -0.377 e. The van der Waals surface area contributed by atoms with Crippen LogP contribution in [-0.2, 0) is 23.8 Å². The number of amides is 2. The molecule has 0 aliphatic heterocycles. The van der Waals surface area contributed by atoms with Crippen LogP contribution in [0.2, 0.25) is 0 Å². The first-order chi connectivity index (χ1) is 16.7. The molecule has 0 aromatic heterocycles. The molecule has 0 aromatic rings. The van der Waals surface area contributed by atoms with Crippen LogP contribution in [-0.4, -0.2) is 64.5 Å². The molecule has 0 bridgehead atoms. The van der Waals surface area contributed by atoms with Crippen LogP contribution in [0.15, 0.2) is 0 Å². The molecule has 0 saturated heterocycles. The van der Waals surface area contributed by atoms with Crippen molar-refractivity contribution in [2.24, 2.45) is 33.5 Å². The van der Waals surface area contributed by atoms with Gasteiger partial charge >= 0.3 is 0 Å². The summed E-state index contributed by atoms with van der Waals surface area (Å²) in [4.78, 5) is 25.4. The van der Waals surface area contributed by atoms with Crippen LogP contribution in [0.1, 0.15) is 95.9 Å². The SMILES string of the molecule is CC(C)(C)CC(C(=O)NCCOCCOCCOCCNC(=O)C(CC(C)(C)C)C(C)(C)C)C(C)(C)C. The van der Waals surface area contributed by atoms with Crippen molar-refractivity contribution in [3.8, 4) is 0 Å². The third-order valence-electron chi connectivity index (χ3n) is 6.19. The molecule has 220 valence electrons. The molecule has 0 aliphatic rings. The third-order valence-corrected chi connectivity index (χ3v) is 6.19. The van der Waals surface area contributed by atoms with E-state index in [1.807, 2.05) is 0 Å². The Labute approximate surface area is 228 Å². The molecule has 2 atom stereocenters. The van der Waals surface area contributed by atoms with Crippen molar-refractivity contribution in [2.75, 3.05) is 52.7 Å². The lowest BCUT2D eigenvalue weighted by Gasteiger charge is -2.34. The Bertz CT molecular complexity index is 595. The van der Waals surface area contributed by atoms with Crippen LogP contribution in [0.4, 0.5) is 0 Å². The van der Waals surface area contributed by atoms with Crippen molar-refractivity contribution in [2.45, 2.75) is 95.9 Å². The highest BCUT2D eigenvalue weighted by molar-refractivity contribution is 5.79. The monoisotopic (exact) mass is 528 g/mol. The molecular formula is C30H60N2O5. The zero-order chi connectivity index (χ0) is 28.9. The smallest absolute Gasteiger partial charge is 0.223 e. The number of nitrogens with one attached hydrogen (secondary N) is 2. The number of carbonyl (C=O) groups excluding carboxylic acids is 2. The molecule has 0 rings (SSSR count).